The zero-order valence-electron chi connectivity index (χ0n) is 15.3. The van der Waals surface area contributed by atoms with Gasteiger partial charge in [0.05, 0.1) is 10.0 Å². The zero-order chi connectivity index (χ0) is 20.3. The molecule has 28 heavy (non-hydrogen) atoms. The number of hydrogen-bond acceptors (Lipinski definition) is 2. The van der Waals surface area contributed by atoms with E-state index in [0.717, 1.165) is 22.6 Å². The minimum absolute atomic E-state index is 0.0261. The van der Waals surface area contributed by atoms with Gasteiger partial charge in [0.15, 0.2) is 0 Å². The topological polar surface area (TPSA) is 57.8 Å². The number of nitriles is 1. The number of carbonyl (C=O) groups excluding carboxylic acids is 1. The van der Waals surface area contributed by atoms with Gasteiger partial charge in [-0.25, -0.2) is 0 Å². The van der Waals surface area contributed by atoms with Gasteiger partial charge >= 0.3 is 0 Å². The number of para-hydroxylation sites is 1. The fourth-order valence-electron chi connectivity index (χ4n) is 2.98. The van der Waals surface area contributed by atoms with Gasteiger partial charge in [-0.05, 0) is 61.9 Å². The third-order valence-electron chi connectivity index (χ3n) is 4.33. The second kappa shape index (κ2) is 8.35. The summed E-state index contributed by atoms with van der Waals surface area (Å²) >= 11 is 12.2. The van der Waals surface area contributed by atoms with E-state index in [-0.39, 0.29) is 5.57 Å². The predicted octanol–water partition coefficient (Wildman–Crippen LogP) is 5.95. The number of rotatable bonds is 4. The first-order valence-corrected chi connectivity index (χ1v) is 9.29. The van der Waals surface area contributed by atoms with Crippen LogP contribution in [0.4, 0.5) is 5.69 Å². The first-order valence-electron chi connectivity index (χ1n) is 8.53. The first-order chi connectivity index (χ1) is 13.4. The average molecular weight is 410 g/mol. The van der Waals surface area contributed by atoms with Crippen LogP contribution in [0.3, 0.4) is 0 Å². The maximum atomic E-state index is 12.5. The lowest BCUT2D eigenvalue weighted by Gasteiger charge is -2.10. The van der Waals surface area contributed by atoms with Gasteiger partial charge in [0, 0.05) is 22.8 Å². The van der Waals surface area contributed by atoms with E-state index in [0.29, 0.717) is 15.7 Å². The number of benzene rings is 2. The molecule has 1 aromatic heterocycles. The fourth-order valence-corrected chi connectivity index (χ4v) is 3.27. The van der Waals surface area contributed by atoms with E-state index in [4.69, 9.17) is 23.2 Å². The van der Waals surface area contributed by atoms with E-state index in [1.165, 1.54) is 0 Å². The molecule has 0 saturated heterocycles. The summed E-state index contributed by atoms with van der Waals surface area (Å²) in [6.07, 6.45) is 1.59. The predicted molar refractivity (Wildman–Crippen MR) is 114 cm³/mol. The van der Waals surface area contributed by atoms with Gasteiger partial charge in [0.25, 0.3) is 5.91 Å². The third kappa shape index (κ3) is 4.12. The summed E-state index contributed by atoms with van der Waals surface area (Å²) in [5.41, 5.74) is 4.13. The summed E-state index contributed by atoms with van der Waals surface area (Å²) in [4.78, 5) is 12.5. The molecule has 1 N–H and O–H groups in total. The van der Waals surface area contributed by atoms with Crippen LogP contribution in [0.2, 0.25) is 10.0 Å². The Balaban J connectivity index is 1.96. The average Bonchev–Trinajstić information content (AvgIpc) is 2.96. The van der Waals surface area contributed by atoms with E-state index >= 15 is 0 Å². The third-order valence-corrected chi connectivity index (χ3v) is 5.07. The molecule has 2 aromatic carbocycles. The molecule has 0 radical (unpaired) electrons. The van der Waals surface area contributed by atoms with Gasteiger partial charge in [-0.2, -0.15) is 5.26 Å². The van der Waals surface area contributed by atoms with Gasteiger partial charge in [-0.15, -0.1) is 0 Å². The van der Waals surface area contributed by atoms with Crippen molar-refractivity contribution in [2.45, 2.75) is 13.8 Å². The summed E-state index contributed by atoms with van der Waals surface area (Å²) in [6, 6.07) is 18.3. The van der Waals surface area contributed by atoms with E-state index < -0.39 is 5.91 Å². The maximum Gasteiger partial charge on any atom is 0.266 e. The van der Waals surface area contributed by atoms with Gasteiger partial charge < -0.3 is 9.88 Å². The van der Waals surface area contributed by atoms with Crippen molar-refractivity contribution in [3.8, 4) is 11.8 Å². The maximum absolute atomic E-state index is 12.5. The van der Waals surface area contributed by atoms with Gasteiger partial charge in [0.1, 0.15) is 11.6 Å². The highest BCUT2D eigenvalue weighted by Gasteiger charge is 2.14. The van der Waals surface area contributed by atoms with Crippen LogP contribution < -0.4 is 5.32 Å². The molecule has 1 heterocycles. The summed E-state index contributed by atoms with van der Waals surface area (Å²) in [7, 11) is 0. The molecule has 0 bridgehead atoms. The Kier molecular flexibility index (Phi) is 5.89. The molecule has 0 saturated carbocycles. The van der Waals surface area contributed by atoms with Crippen molar-refractivity contribution < 1.29 is 4.79 Å². The van der Waals surface area contributed by atoms with Crippen LogP contribution in [-0.2, 0) is 4.79 Å². The highest BCUT2D eigenvalue weighted by Crippen LogP contribution is 2.28. The molecule has 1 amide bonds. The normalized spacial score (nSPS) is 11.2. The monoisotopic (exact) mass is 409 g/mol. The van der Waals surface area contributed by atoms with Crippen LogP contribution in [0.5, 0.6) is 0 Å². The Labute approximate surface area is 173 Å². The molecule has 0 atom stereocenters. The fraction of sp³-hybridized carbons (Fsp3) is 0.0909. The van der Waals surface area contributed by atoms with Crippen molar-refractivity contribution in [3.63, 3.8) is 0 Å². The Bertz CT molecular complexity index is 1110. The molecular formula is C22H17Cl2N3O. The summed E-state index contributed by atoms with van der Waals surface area (Å²) < 4.78 is 2.00. The van der Waals surface area contributed by atoms with Crippen LogP contribution in [0.15, 0.2) is 60.2 Å². The first kappa shape index (κ1) is 19.8. The lowest BCUT2D eigenvalue weighted by molar-refractivity contribution is -0.112. The van der Waals surface area contributed by atoms with Crippen molar-refractivity contribution in [3.05, 3.63) is 87.2 Å². The summed E-state index contributed by atoms with van der Waals surface area (Å²) in [5, 5.41) is 13.1. The molecule has 0 aliphatic carbocycles. The van der Waals surface area contributed by atoms with Crippen molar-refractivity contribution >= 4 is 40.9 Å². The summed E-state index contributed by atoms with van der Waals surface area (Å²) in [5.74, 6) is -0.451. The number of hydrogen-bond donors (Lipinski definition) is 1. The van der Waals surface area contributed by atoms with Crippen molar-refractivity contribution in [1.82, 2.24) is 4.57 Å². The lowest BCUT2D eigenvalue weighted by atomic mass is 10.1. The number of carbonyl (C=O) groups is 1. The molecule has 6 heteroatoms. The Morgan fingerprint density at radius 1 is 1.07 bits per heavy atom. The van der Waals surface area contributed by atoms with E-state index in [1.807, 2.05) is 54.8 Å². The standard InChI is InChI=1S/C22H17Cl2N3O/c1-14-10-16(15(2)27(14)19-8-9-20(23)21(24)12-19)11-17(13-25)22(28)26-18-6-4-3-5-7-18/h3-12H,1-2H3,(H,26,28). The lowest BCUT2D eigenvalue weighted by Crippen LogP contribution is -2.13. The number of amides is 1. The van der Waals surface area contributed by atoms with Crippen LogP contribution in [-0.4, -0.2) is 10.5 Å². The molecule has 0 spiro atoms. The van der Waals surface area contributed by atoms with Crippen LogP contribution in [0, 0.1) is 25.2 Å². The van der Waals surface area contributed by atoms with Crippen molar-refractivity contribution in [2.24, 2.45) is 0 Å². The number of nitrogens with zero attached hydrogens (tertiary/aromatic N) is 2. The quantitative estimate of drug-likeness (QED) is 0.427. The minimum atomic E-state index is -0.451. The molecular weight excluding hydrogens is 393 g/mol. The Hall–Kier alpha value is -3.00. The highest BCUT2D eigenvalue weighted by atomic mass is 35.5. The molecule has 0 aliphatic heterocycles. The Morgan fingerprint density at radius 3 is 2.43 bits per heavy atom. The molecule has 3 aromatic rings. The number of anilines is 1. The van der Waals surface area contributed by atoms with E-state index in [9.17, 15) is 10.1 Å². The number of aryl methyl sites for hydroxylation is 1. The second-order valence-corrected chi connectivity index (χ2v) is 7.06. The van der Waals surface area contributed by atoms with Gasteiger partial charge in [-0.3, -0.25) is 4.79 Å². The molecule has 0 unspecified atom stereocenters. The molecule has 3 rings (SSSR count). The number of aromatic nitrogens is 1. The van der Waals surface area contributed by atoms with Crippen LogP contribution in [0.25, 0.3) is 11.8 Å². The smallest absolute Gasteiger partial charge is 0.266 e. The van der Waals surface area contributed by atoms with Crippen LogP contribution in [0.1, 0.15) is 17.0 Å². The second-order valence-electron chi connectivity index (χ2n) is 6.25. The molecule has 0 aliphatic rings. The van der Waals surface area contributed by atoms with Crippen LogP contribution >= 0.6 is 23.2 Å². The van der Waals surface area contributed by atoms with Gasteiger partial charge in [0.2, 0.25) is 0 Å². The number of nitrogens with one attached hydrogen (secondary N) is 1. The molecule has 0 fully saturated rings. The van der Waals surface area contributed by atoms with E-state index in [2.05, 4.69) is 5.32 Å². The molecule has 4 nitrogen and oxygen atoms in total. The highest BCUT2D eigenvalue weighted by molar-refractivity contribution is 6.42. The summed E-state index contributed by atoms with van der Waals surface area (Å²) in [6.45, 7) is 3.87. The van der Waals surface area contributed by atoms with Crippen molar-refractivity contribution in [1.29, 1.82) is 5.26 Å². The van der Waals surface area contributed by atoms with Crippen molar-refractivity contribution in [2.75, 3.05) is 5.32 Å². The minimum Gasteiger partial charge on any atom is -0.321 e. The SMILES string of the molecule is Cc1cc(C=C(C#N)C(=O)Nc2ccccc2)c(C)n1-c1ccc(Cl)c(Cl)c1. The largest absolute Gasteiger partial charge is 0.321 e. The van der Waals surface area contributed by atoms with E-state index in [1.54, 1.807) is 30.3 Å². The van der Waals surface area contributed by atoms with Gasteiger partial charge in [-0.1, -0.05) is 41.4 Å². The zero-order valence-corrected chi connectivity index (χ0v) is 16.8. The number of halogens is 2. The molecule has 140 valence electrons. The Morgan fingerprint density at radius 2 is 1.79 bits per heavy atom.